The molecule has 2 amide bonds. The predicted molar refractivity (Wildman–Crippen MR) is 118 cm³/mol. The summed E-state index contributed by atoms with van der Waals surface area (Å²) in [5.74, 6) is 0.937. The Bertz CT molecular complexity index is 1040. The van der Waals surface area contributed by atoms with Gasteiger partial charge in [0.05, 0.1) is 11.0 Å². The molecule has 1 aromatic heterocycles. The third-order valence-electron chi connectivity index (χ3n) is 5.81. The lowest BCUT2D eigenvalue weighted by atomic mass is 10.1. The molecule has 0 bridgehead atoms. The summed E-state index contributed by atoms with van der Waals surface area (Å²) < 4.78 is 2.01. The molecule has 2 heterocycles. The molecule has 1 unspecified atom stereocenters. The van der Waals surface area contributed by atoms with Crippen LogP contribution in [0.2, 0.25) is 0 Å². The average Bonchev–Trinajstić information content (AvgIpc) is 3.33. The Morgan fingerprint density at radius 3 is 2.63 bits per heavy atom. The van der Waals surface area contributed by atoms with Gasteiger partial charge in [-0.3, -0.25) is 9.59 Å². The summed E-state index contributed by atoms with van der Waals surface area (Å²) in [6.45, 7) is 3.69. The van der Waals surface area contributed by atoms with E-state index in [9.17, 15) is 9.59 Å². The van der Waals surface area contributed by atoms with Crippen molar-refractivity contribution in [2.45, 2.75) is 38.6 Å². The summed E-state index contributed by atoms with van der Waals surface area (Å²) in [7, 11) is 1.85. The number of anilines is 1. The first kappa shape index (κ1) is 20.1. The Morgan fingerprint density at radius 1 is 1.13 bits per heavy atom. The van der Waals surface area contributed by atoms with E-state index in [0.29, 0.717) is 13.0 Å². The molecule has 4 rings (SSSR count). The van der Waals surface area contributed by atoms with Gasteiger partial charge in [0, 0.05) is 38.2 Å². The molecule has 0 aliphatic carbocycles. The van der Waals surface area contributed by atoms with Gasteiger partial charge in [0.2, 0.25) is 11.8 Å². The molecule has 0 saturated carbocycles. The summed E-state index contributed by atoms with van der Waals surface area (Å²) in [6, 6.07) is 17.6. The maximum atomic E-state index is 12.9. The van der Waals surface area contributed by atoms with Gasteiger partial charge in [-0.2, -0.15) is 0 Å². The maximum absolute atomic E-state index is 12.9. The van der Waals surface area contributed by atoms with Crippen LogP contribution in [0.4, 0.5) is 5.69 Å². The summed E-state index contributed by atoms with van der Waals surface area (Å²) in [5.41, 5.74) is 2.71. The molecule has 1 aliphatic heterocycles. The van der Waals surface area contributed by atoms with E-state index in [1.165, 1.54) is 0 Å². The van der Waals surface area contributed by atoms with E-state index >= 15 is 0 Å². The van der Waals surface area contributed by atoms with Gasteiger partial charge in [-0.1, -0.05) is 43.7 Å². The van der Waals surface area contributed by atoms with Gasteiger partial charge in [0.25, 0.3) is 0 Å². The predicted octanol–water partition coefficient (Wildman–Crippen LogP) is 3.82. The van der Waals surface area contributed by atoms with Crippen LogP contribution in [0.1, 0.15) is 37.9 Å². The zero-order valence-electron chi connectivity index (χ0n) is 17.6. The van der Waals surface area contributed by atoms with Gasteiger partial charge >= 0.3 is 0 Å². The van der Waals surface area contributed by atoms with Gasteiger partial charge < -0.3 is 14.4 Å². The molecule has 0 N–H and O–H groups in total. The number of para-hydroxylation sites is 3. The van der Waals surface area contributed by atoms with Crippen molar-refractivity contribution in [2.24, 2.45) is 0 Å². The number of hydrogen-bond donors (Lipinski definition) is 0. The second-order valence-corrected chi connectivity index (χ2v) is 7.95. The SMILES string of the molecule is CCCCN(C)C(=O)Cn1c(C2CC(=O)N(c3ccccc3)C2)nc2ccccc21. The summed E-state index contributed by atoms with van der Waals surface area (Å²) >= 11 is 0. The van der Waals surface area contributed by atoms with Crippen LogP contribution in [-0.2, 0) is 16.1 Å². The highest BCUT2D eigenvalue weighted by atomic mass is 16.2. The highest BCUT2D eigenvalue weighted by molar-refractivity contribution is 5.96. The van der Waals surface area contributed by atoms with Crippen LogP contribution in [0.3, 0.4) is 0 Å². The second-order valence-electron chi connectivity index (χ2n) is 7.95. The maximum Gasteiger partial charge on any atom is 0.242 e. The molecule has 30 heavy (non-hydrogen) atoms. The normalized spacial score (nSPS) is 16.4. The number of nitrogens with zero attached hydrogens (tertiary/aromatic N) is 4. The number of fused-ring (bicyclic) bond motifs is 1. The number of imidazole rings is 1. The lowest BCUT2D eigenvalue weighted by molar-refractivity contribution is -0.130. The molecular weight excluding hydrogens is 376 g/mol. The van der Waals surface area contributed by atoms with Crippen molar-refractivity contribution in [1.29, 1.82) is 0 Å². The number of likely N-dealkylation sites (N-methyl/N-ethyl adjacent to an activating group) is 1. The zero-order chi connectivity index (χ0) is 21.1. The van der Waals surface area contributed by atoms with Gasteiger partial charge in [-0.15, -0.1) is 0 Å². The fourth-order valence-electron chi connectivity index (χ4n) is 4.09. The third-order valence-corrected chi connectivity index (χ3v) is 5.81. The Kier molecular flexibility index (Phi) is 5.84. The quantitative estimate of drug-likeness (QED) is 0.602. The van der Waals surface area contributed by atoms with Crippen LogP contribution in [0.15, 0.2) is 54.6 Å². The first-order chi connectivity index (χ1) is 14.6. The smallest absolute Gasteiger partial charge is 0.242 e. The first-order valence-corrected chi connectivity index (χ1v) is 10.6. The number of benzene rings is 2. The minimum atomic E-state index is -0.0427. The van der Waals surface area contributed by atoms with E-state index < -0.39 is 0 Å². The molecule has 6 nitrogen and oxygen atoms in total. The number of amides is 2. The van der Waals surface area contributed by atoms with Crippen molar-refractivity contribution >= 4 is 28.5 Å². The van der Waals surface area contributed by atoms with Crippen LogP contribution < -0.4 is 4.90 Å². The summed E-state index contributed by atoms with van der Waals surface area (Å²) in [6.07, 6.45) is 2.44. The highest BCUT2D eigenvalue weighted by Gasteiger charge is 2.35. The molecule has 156 valence electrons. The molecule has 2 aromatic carbocycles. The fourth-order valence-corrected chi connectivity index (χ4v) is 4.09. The monoisotopic (exact) mass is 404 g/mol. The minimum absolute atomic E-state index is 0.0427. The molecule has 3 aromatic rings. The number of rotatable bonds is 7. The first-order valence-electron chi connectivity index (χ1n) is 10.6. The van der Waals surface area contributed by atoms with Crippen molar-refractivity contribution < 1.29 is 9.59 Å². The van der Waals surface area contributed by atoms with Gasteiger partial charge in [0.15, 0.2) is 0 Å². The fraction of sp³-hybridized carbons (Fsp3) is 0.375. The lowest BCUT2D eigenvalue weighted by Gasteiger charge is -2.20. The van der Waals surface area contributed by atoms with E-state index in [1.807, 2.05) is 71.1 Å². The zero-order valence-corrected chi connectivity index (χ0v) is 17.6. The van der Waals surface area contributed by atoms with Crippen LogP contribution in [-0.4, -0.2) is 46.4 Å². The van der Waals surface area contributed by atoms with E-state index in [0.717, 1.165) is 41.9 Å². The Balaban J connectivity index is 1.64. The van der Waals surface area contributed by atoms with Gasteiger partial charge in [0.1, 0.15) is 12.4 Å². The number of hydrogen-bond acceptors (Lipinski definition) is 3. The van der Waals surface area contributed by atoms with Crippen LogP contribution in [0, 0.1) is 0 Å². The van der Waals surface area contributed by atoms with Crippen LogP contribution in [0.5, 0.6) is 0 Å². The van der Waals surface area contributed by atoms with Gasteiger partial charge in [-0.25, -0.2) is 4.98 Å². The molecular formula is C24H28N4O2. The van der Waals surface area contributed by atoms with Crippen molar-refractivity contribution in [3.63, 3.8) is 0 Å². The standard InChI is InChI=1S/C24H28N4O2/c1-3-4-14-26(2)23(30)17-28-21-13-9-8-12-20(21)25-24(28)18-15-22(29)27(16-18)19-10-6-5-7-11-19/h5-13,18H,3-4,14-17H2,1-2H3. The lowest BCUT2D eigenvalue weighted by Crippen LogP contribution is -2.32. The number of carbonyl (C=O) groups excluding carboxylic acids is 2. The molecule has 6 heteroatoms. The summed E-state index contributed by atoms with van der Waals surface area (Å²) in [4.78, 5) is 34.1. The largest absolute Gasteiger partial charge is 0.344 e. The third kappa shape index (κ3) is 3.95. The Hall–Kier alpha value is -3.15. The molecule has 1 fully saturated rings. The number of carbonyl (C=O) groups is 2. The molecule has 1 atom stereocenters. The van der Waals surface area contributed by atoms with Crippen molar-refractivity contribution in [3.05, 3.63) is 60.4 Å². The van der Waals surface area contributed by atoms with E-state index in [1.54, 1.807) is 4.90 Å². The Morgan fingerprint density at radius 2 is 1.87 bits per heavy atom. The molecule has 1 saturated heterocycles. The van der Waals surface area contributed by atoms with Crippen molar-refractivity contribution in [2.75, 3.05) is 25.0 Å². The number of aromatic nitrogens is 2. The average molecular weight is 405 g/mol. The van der Waals surface area contributed by atoms with E-state index in [4.69, 9.17) is 4.98 Å². The minimum Gasteiger partial charge on any atom is -0.344 e. The summed E-state index contributed by atoms with van der Waals surface area (Å²) in [5, 5.41) is 0. The molecule has 0 spiro atoms. The van der Waals surface area contributed by atoms with Crippen LogP contribution >= 0.6 is 0 Å². The van der Waals surface area contributed by atoms with Crippen molar-refractivity contribution in [3.8, 4) is 0 Å². The van der Waals surface area contributed by atoms with Gasteiger partial charge in [-0.05, 0) is 30.7 Å². The van der Waals surface area contributed by atoms with E-state index in [-0.39, 0.29) is 24.3 Å². The topological polar surface area (TPSA) is 58.4 Å². The Labute approximate surface area is 177 Å². The van der Waals surface area contributed by atoms with Crippen LogP contribution in [0.25, 0.3) is 11.0 Å². The second kappa shape index (κ2) is 8.69. The highest BCUT2D eigenvalue weighted by Crippen LogP contribution is 2.33. The van der Waals surface area contributed by atoms with Crippen molar-refractivity contribution in [1.82, 2.24) is 14.5 Å². The molecule has 0 radical (unpaired) electrons. The van der Waals surface area contributed by atoms with E-state index in [2.05, 4.69) is 6.92 Å². The number of unbranched alkanes of at least 4 members (excludes halogenated alkanes) is 1. The molecule has 1 aliphatic rings.